The molecule has 0 saturated carbocycles. The Hall–Kier alpha value is -3.38. The molecule has 2 N–H and O–H groups in total. The maximum absolute atomic E-state index is 13.5. The number of carbonyl (C=O) groups is 2. The number of amides is 2. The lowest BCUT2D eigenvalue weighted by molar-refractivity contribution is -0.133. The zero-order valence-electron chi connectivity index (χ0n) is 14.6. The van der Waals surface area contributed by atoms with E-state index in [2.05, 4.69) is 10.6 Å². The van der Waals surface area contributed by atoms with Gasteiger partial charge in [-0.2, -0.15) is 0 Å². The Balaban J connectivity index is 1.53. The molecule has 3 rings (SSSR count). The number of carbonyl (C=O) groups excluding carboxylic acids is 2. The highest BCUT2D eigenvalue weighted by Gasteiger charge is 2.15. The molecule has 0 aromatic heterocycles. The summed E-state index contributed by atoms with van der Waals surface area (Å²) in [6.07, 6.45) is 0. The smallest absolute Gasteiger partial charge is 0.314 e. The number of halogens is 2. The molecule has 7 heteroatoms. The first-order valence-electron chi connectivity index (χ1n) is 8.35. The molecule has 2 amide bonds. The van der Waals surface area contributed by atoms with Crippen LogP contribution < -0.4 is 15.4 Å². The van der Waals surface area contributed by atoms with Crippen molar-refractivity contribution < 1.29 is 18.7 Å². The lowest BCUT2D eigenvalue weighted by Gasteiger charge is -2.09. The van der Waals surface area contributed by atoms with Crippen molar-refractivity contribution in [2.45, 2.75) is 6.61 Å². The van der Waals surface area contributed by atoms with Crippen molar-refractivity contribution in [3.05, 3.63) is 89.2 Å². The Morgan fingerprint density at radius 2 is 1.50 bits per heavy atom. The fourth-order valence-electron chi connectivity index (χ4n) is 2.31. The molecule has 3 aromatic rings. The maximum Gasteiger partial charge on any atom is 0.314 e. The molecule has 5 nitrogen and oxygen atoms in total. The summed E-state index contributed by atoms with van der Waals surface area (Å²) in [5.41, 5.74) is 1.31. The van der Waals surface area contributed by atoms with E-state index in [0.717, 1.165) is 5.56 Å². The van der Waals surface area contributed by atoms with E-state index in [1.165, 1.54) is 18.2 Å². The Bertz CT molecular complexity index is 976. The molecule has 0 spiro atoms. The molecule has 142 valence electrons. The van der Waals surface area contributed by atoms with Crippen LogP contribution in [0.2, 0.25) is 5.02 Å². The summed E-state index contributed by atoms with van der Waals surface area (Å²) in [5.74, 6) is -1.89. The predicted octanol–water partition coefficient (Wildman–Crippen LogP) is 4.64. The van der Waals surface area contributed by atoms with Gasteiger partial charge in [0.1, 0.15) is 18.2 Å². The fourth-order valence-corrected chi connectivity index (χ4v) is 2.44. The molecular formula is C21H16ClFN2O3. The third-order valence-electron chi connectivity index (χ3n) is 3.76. The van der Waals surface area contributed by atoms with E-state index in [9.17, 15) is 14.0 Å². The van der Waals surface area contributed by atoms with Crippen LogP contribution >= 0.6 is 11.6 Å². The summed E-state index contributed by atoms with van der Waals surface area (Å²) in [7, 11) is 0. The van der Waals surface area contributed by atoms with Crippen molar-refractivity contribution in [1.82, 2.24) is 0 Å². The van der Waals surface area contributed by atoms with E-state index in [4.69, 9.17) is 16.3 Å². The zero-order chi connectivity index (χ0) is 19.9. The fraction of sp³-hybridized carbons (Fsp3) is 0.0476. The third kappa shape index (κ3) is 5.31. The van der Waals surface area contributed by atoms with Gasteiger partial charge in [0.05, 0.1) is 5.69 Å². The summed E-state index contributed by atoms with van der Waals surface area (Å²) in [6.45, 7) is 0.369. The first-order chi connectivity index (χ1) is 13.5. The van der Waals surface area contributed by atoms with Crippen LogP contribution in [0.3, 0.4) is 0 Å². The SMILES string of the molecule is O=C(Nc1ccc(OCc2ccc(Cl)cc2)cc1)C(=O)Nc1ccccc1F. The molecule has 0 radical (unpaired) electrons. The number of ether oxygens (including phenoxy) is 1. The zero-order valence-corrected chi connectivity index (χ0v) is 15.4. The first-order valence-corrected chi connectivity index (χ1v) is 8.73. The molecule has 0 atom stereocenters. The highest BCUT2D eigenvalue weighted by molar-refractivity contribution is 6.43. The molecule has 0 saturated heterocycles. The number of benzene rings is 3. The van der Waals surface area contributed by atoms with Gasteiger partial charge in [0.25, 0.3) is 0 Å². The molecule has 0 aliphatic rings. The minimum absolute atomic E-state index is 0.0615. The molecular weight excluding hydrogens is 383 g/mol. The van der Waals surface area contributed by atoms with E-state index in [1.54, 1.807) is 42.5 Å². The van der Waals surface area contributed by atoms with Crippen LogP contribution in [0.4, 0.5) is 15.8 Å². The number of rotatable bonds is 5. The molecule has 0 fully saturated rings. The Kier molecular flexibility index (Phi) is 6.24. The largest absolute Gasteiger partial charge is 0.489 e. The van der Waals surface area contributed by atoms with Gasteiger partial charge in [0, 0.05) is 10.7 Å². The second-order valence-corrected chi connectivity index (χ2v) is 6.26. The summed E-state index contributed by atoms with van der Waals surface area (Å²) >= 11 is 5.84. The molecule has 0 unspecified atom stereocenters. The van der Waals surface area contributed by atoms with Crippen LogP contribution in [0.25, 0.3) is 0 Å². The van der Waals surface area contributed by atoms with E-state index in [-0.39, 0.29) is 5.69 Å². The van der Waals surface area contributed by atoms with Gasteiger partial charge >= 0.3 is 11.8 Å². The highest BCUT2D eigenvalue weighted by atomic mass is 35.5. The second kappa shape index (κ2) is 9.01. The molecule has 28 heavy (non-hydrogen) atoms. The summed E-state index contributed by atoms with van der Waals surface area (Å²) < 4.78 is 19.2. The van der Waals surface area contributed by atoms with Crippen molar-refractivity contribution in [1.29, 1.82) is 0 Å². The summed E-state index contributed by atoms with van der Waals surface area (Å²) in [5, 5.41) is 5.32. The molecule has 0 aliphatic carbocycles. The van der Waals surface area contributed by atoms with Gasteiger partial charge in [0.15, 0.2) is 0 Å². The van der Waals surface area contributed by atoms with Crippen molar-refractivity contribution in [2.75, 3.05) is 10.6 Å². The van der Waals surface area contributed by atoms with Crippen molar-refractivity contribution in [2.24, 2.45) is 0 Å². The quantitative estimate of drug-likeness (QED) is 0.615. The van der Waals surface area contributed by atoms with Gasteiger partial charge in [0.2, 0.25) is 0 Å². The lowest BCUT2D eigenvalue weighted by Crippen LogP contribution is -2.29. The Morgan fingerprint density at radius 3 is 2.18 bits per heavy atom. The number of hydrogen-bond donors (Lipinski definition) is 2. The van der Waals surface area contributed by atoms with E-state index in [0.29, 0.717) is 23.1 Å². The monoisotopic (exact) mass is 398 g/mol. The van der Waals surface area contributed by atoms with Gasteiger partial charge in [-0.05, 0) is 54.1 Å². The van der Waals surface area contributed by atoms with Crippen LogP contribution in [0.5, 0.6) is 5.75 Å². The average molecular weight is 399 g/mol. The lowest BCUT2D eigenvalue weighted by atomic mass is 10.2. The minimum Gasteiger partial charge on any atom is -0.489 e. The van der Waals surface area contributed by atoms with Crippen LogP contribution in [0.1, 0.15) is 5.56 Å². The molecule has 0 heterocycles. The number of anilines is 2. The van der Waals surface area contributed by atoms with Gasteiger partial charge in [-0.1, -0.05) is 35.9 Å². The van der Waals surface area contributed by atoms with Gasteiger partial charge in [-0.3, -0.25) is 9.59 Å². The van der Waals surface area contributed by atoms with Crippen molar-refractivity contribution in [3.63, 3.8) is 0 Å². The normalized spacial score (nSPS) is 10.2. The predicted molar refractivity (Wildman–Crippen MR) is 106 cm³/mol. The molecule has 0 bridgehead atoms. The van der Waals surface area contributed by atoms with Crippen LogP contribution in [-0.2, 0) is 16.2 Å². The first kappa shape index (κ1) is 19.4. The van der Waals surface area contributed by atoms with Gasteiger partial charge in [-0.15, -0.1) is 0 Å². The van der Waals surface area contributed by atoms with Crippen molar-refractivity contribution in [3.8, 4) is 5.75 Å². The molecule has 3 aromatic carbocycles. The van der Waals surface area contributed by atoms with Crippen LogP contribution in [0.15, 0.2) is 72.8 Å². The topological polar surface area (TPSA) is 67.4 Å². The maximum atomic E-state index is 13.5. The number of hydrogen-bond acceptors (Lipinski definition) is 3. The van der Waals surface area contributed by atoms with E-state index >= 15 is 0 Å². The van der Waals surface area contributed by atoms with E-state index < -0.39 is 17.6 Å². The van der Waals surface area contributed by atoms with Crippen LogP contribution in [0, 0.1) is 5.82 Å². The number of para-hydroxylation sites is 1. The molecule has 0 aliphatic heterocycles. The highest BCUT2D eigenvalue weighted by Crippen LogP contribution is 2.18. The Morgan fingerprint density at radius 1 is 0.857 bits per heavy atom. The Labute approximate surface area is 166 Å². The minimum atomic E-state index is -0.965. The standard InChI is InChI=1S/C21H16ClFN2O3/c22-15-7-5-14(6-8-15)13-28-17-11-9-16(10-12-17)24-20(26)21(27)25-19-4-2-1-3-18(19)23/h1-12H,13H2,(H,24,26)(H,25,27). The second-order valence-electron chi connectivity index (χ2n) is 5.83. The number of nitrogens with one attached hydrogen (secondary N) is 2. The van der Waals surface area contributed by atoms with Gasteiger partial charge < -0.3 is 15.4 Å². The average Bonchev–Trinajstić information content (AvgIpc) is 2.70. The summed E-state index contributed by atoms with van der Waals surface area (Å²) in [6, 6.07) is 19.4. The van der Waals surface area contributed by atoms with Crippen molar-refractivity contribution >= 4 is 34.8 Å². The third-order valence-corrected chi connectivity index (χ3v) is 4.01. The van der Waals surface area contributed by atoms with E-state index in [1.807, 2.05) is 12.1 Å². The summed E-state index contributed by atoms with van der Waals surface area (Å²) in [4.78, 5) is 23.9. The van der Waals surface area contributed by atoms with Gasteiger partial charge in [-0.25, -0.2) is 4.39 Å². The van der Waals surface area contributed by atoms with Crippen LogP contribution in [-0.4, -0.2) is 11.8 Å².